The van der Waals surface area contributed by atoms with E-state index in [0.717, 1.165) is 49.9 Å². The molecule has 2 fully saturated rings. The zero-order valence-electron chi connectivity index (χ0n) is 11.5. The summed E-state index contributed by atoms with van der Waals surface area (Å²) in [4.78, 5) is 6.94. The average Bonchev–Trinajstić information content (AvgIpc) is 3.09. The van der Waals surface area contributed by atoms with Gasteiger partial charge in [-0.3, -0.25) is 4.90 Å². The second-order valence-electron chi connectivity index (χ2n) is 5.83. The number of hydrogen-bond donors (Lipinski definition) is 0. The third-order valence-electron chi connectivity index (χ3n) is 4.14. The third-order valence-corrected chi connectivity index (χ3v) is 5.12. The summed E-state index contributed by atoms with van der Waals surface area (Å²) < 4.78 is 9.96. The Hall–Kier alpha value is -1.05. The van der Waals surface area contributed by atoms with Crippen LogP contribution in [0.15, 0.2) is 4.52 Å². The van der Waals surface area contributed by atoms with Crippen molar-refractivity contribution < 1.29 is 4.52 Å². The van der Waals surface area contributed by atoms with Crippen LogP contribution in [0, 0.1) is 0 Å². The van der Waals surface area contributed by atoms with E-state index >= 15 is 0 Å². The summed E-state index contributed by atoms with van der Waals surface area (Å²) in [6.07, 6.45) is 4.62. The molecule has 0 amide bonds. The normalized spacial score (nSPS) is 23.6. The minimum absolute atomic E-state index is 0.348. The first-order valence-corrected chi connectivity index (χ1v) is 8.47. The highest BCUT2D eigenvalue weighted by Gasteiger charge is 2.32. The Bertz CT molecular complexity index is 626. The van der Waals surface area contributed by atoms with Gasteiger partial charge in [0.1, 0.15) is 10.0 Å². The summed E-state index contributed by atoms with van der Waals surface area (Å²) in [5.41, 5.74) is 0.870. The van der Waals surface area contributed by atoms with E-state index in [1.807, 2.05) is 0 Å². The number of aromatic nitrogens is 4. The van der Waals surface area contributed by atoms with E-state index in [0.29, 0.717) is 16.2 Å². The van der Waals surface area contributed by atoms with E-state index in [9.17, 15) is 0 Å². The molecule has 0 bridgehead atoms. The molecule has 2 aromatic rings. The molecular formula is C13H16ClN5OS. The minimum Gasteiger partial charge on any atom is -0.339 e. The second-order valence-corrected chi connectivity index (χ2v) is 7.19. The van der Waals surface area contributed by atoms with E-state index in [1.54, 1.807) is 0 Å². The van der Waals surface area contributed by atoms with Gasteiger partial charge in [0.05, 0.1) is 0 Å². The van der Waals surface area contributed by atoms with Crippen molar-refractivity contribution in [3.8, 4) is 0 Å². The fourth-order valence-corrected chi connectivity index (χ4v) is 3.43. The molecule has 1 atom stereocenters. The van der Waals surface area contributed by atoms with Crippen LogP contribution in [-0.4, -0.2) is 37.7 Å². The van der Waals surface area contributed by atoms with Crippen LogP contribution >= 0.6 is 23.1 Å². The topological polar surface area (TPSA) is 67.9 Å². The van der Waals surface area contributed by atoms with E-state index in [2.05, 4.69) is 24.6 Å². The highest BCUT2D eigenvalue weighted by atomic mass is 35.5. The minimum atomic E-state index is 0.348. The Labute approximate surface area is 131 Å². The van der Waals surface area contributed by atoms with E-state index < -0.39 is 0 Å². The van der Waals surface area contributed by atoms with Gasteiger partial charge in [0, 0.05) is 36.5 Å². The summed E-state index contributed by atoms with van der Waals surface area (Å²) >= 11 is 7.33. The van der Waals surface area contributed by atoms with Gasteiger partial charge in [-0.25, -0.2) is 0 Å². The van der Waals surface area contributed by atoms with Crippen molar-refractivity contribution in [3.05, 3.63) is 21.7 Å². The zero-order valence-corrected chi connectivity index (χ0v) is 13.1. The molecule has 6 nitrogen and oxygen atoms in total. The molecule has 4 rings (SSSR count). The summed E-state index contributed by atoms with van der Waals surface area (Å²) in [5, 5.41) is 8.27. The molecule has 21 heavy (non-hydrogen) atoms. The average molecular weight is 326 g/mol. The first-order valence-electron chi connectivity index (χ1n) is 7.32. The van der Waals surface area contributed by atoms with Gasteiger partial charge in [-0.2, -0.15) is 4.98 Å². The van der Waals surface area contributed by atoms with Gasteiger partial charge < -0.3 is 4.52 Å². The second kappa shape index (κ2) is 5.62. The van der Waals surface area contributed by atoms with Crippen LogP contribution in [0.1, 0.15) is 54.9 Å². The van der Waals surface area contributed by atoms with Gasteiger partial charge in [0.25, 0.3) is 0 Å². The molecule has 2 aromatic heterocycles. The lowest BCUT2D eigenvalue weighted by molar-refractivity contribution is 0.192. The summed E-state index contributed by atoms with van der Waals surface area (Å²) in [6.45, 7) is 2.73. The Morgan fingerprint density at radius 3 is 2.95 bits per heavy atom. The Kier molecular flexibility index (Phi) is 3.64. The molecule has 1 aliphatic heterocycles. The highest BCUT2D eigenvalue weighted by molar-refractivity contribution is 7.10. The quantitative estimate of drug-likeness (QED) is 0.861. The van der Waals surface area contributed by atoms with Crippen LogP contribution in [-0.2, 0) is 6.54 Å². The van der Waals surface area contributed by atoms with E-state index in [4.69, 9.17) is 16.1 Å². The molecule has 1 saturated carbocycles. The molecule has 0 aromatic carbocycles. The molecule has 0 radical (unpaired) electrons. The van der Waals surface area contributed by atoms with Gasteiger partial charge in [0.15, 0.2) is 5.82 Å². The molecule has 1 aliphatic carbocycles. The van der Waals surface area contributed by atoms with E-state index in [1.165, 1.54) is 24.4 Å². The lowest BCUT2D eigenvalue weighted by atomic mass is 9.97. The van der Waals surface area contributed by atoms with Crippen molar-refractivity contribution in [2.75, 3.05) is 13.1 Å². The molecule has 0 unspecified atom stereocenters. The summed E-state index contributed by atoms with van der Waals surface area (Å²) in [7, 11) is 0. The molecular weight excluding hydrogens is 310 g/mol. The van der Waals surface area contributed by atoms with Crippen molar-refractivity contribution in [2.24, 2.45) is 0 Å². The Morgan fingerprint density at radius 2 is 2.19 bits per heavy atom. The van der Waals surface area contributed by atoms with Crippen LogP contribution < -0.4 is 0 Å². The van der Waals surface area contributed by atoms with Crippen LogP contribution in [0.2, 0.25) is 4.34 Å². The molecule has 1 saturated heterocycles. The van der Waals surface area contributed by atoms with Crippen molar-refractivity contribution in [1.29, 1.82) is 0 Å². The van der Waals surface area contributed by atoms with Gasteiger partial charge in [0.2, 0.25) is 5.89 Å². The number of likely N-dealkylation sites (tertiary alicyclic amines) is 1. The lowest BCUT2D eigenvalue weighted by Gasteiger charge is -2.30. The number of piperidine rings is 1. The monoisotopic (exact) mass is 325 g/mol. The molecule has 2 aliphatic rings. The largest absolute Gasteiger partial charge is 0.339 e. The van der Waals surface area contributed by atoms with E-state index in [-0.39, 0.29) is 0 Å². The summed E-state index contributed by atoms with van der Waals surface area (Å²) in [5.74, 6) is 2.56. The molecule has 112 valence electrons. The zero-order chi connectivity index (χ0) is 14.2. The number of hydrogen-bond acceptors (Lipinski definition) is 7. The maximum Gasteiger partial charge on any atom is 0.229 e. The standard InChI is InChI=1S/C13H16ClN5OS/c14-11-10(16-18-21-11)7-19-5-1-2-9(6-19)12-15-13(20-17-12)8-3-4-8/h8-9H,1-7H2/t9-/m1/s1. The molecule has 8 heteroatoms. The smallest absolute Gasteiger partial charge is 0.229 e. The highest BCUT2D eigenvalue weighted by Crippen LogP contribution is 2.39. The van der Waals surface area contributed by atoms with Gasteiger partial charge in [-0.15, -0.1) is 5.10 Å². The first-order chi connectivity index (χ1) is 10.3. The fraction of sp³-hybridized carbons (Fsp3) is 0.692. The maximum atomic E-state index is 6.08. The Morgan fingerprint density at radius 1 is 1.29 bits per heavy atom. The number of halogens is 1. The SMILES string of the molecule is Clc1snnc1CN1CCC[C@@H](c2noc(C3CC3)n2)C1. The predicted molar refractivity (Wildman–Crippen MR) is 78.4 cm³/mol. The van der Waals surface area contributed by atoms with Gasteiger partial charge in [-0.1, -0.05) is 21.2 Å². The number of rotatable bonds is 4. The van der Waals surface area contributed by atoms with Gasteiger partial charge in [-0.05, 0) is 32.2 Å². The van der Waals surface area contributed by atoms with Crippen LogP contribution in [0.5, 0.6) is 0 Å². The third kappa shape index (κ3) is 2.95. The fourth-order valence-electron chi connectivity index (χ4n) is 2.82. The molecule has 3 heterocycles. The predicted octanol–water partition coefficient (Wildman–Crippen LogP) is 2.83. The Balaban J connectivity index is 1.43. The van der Waals surface area contributed by atoms with Crippen LogP contribution in [0.25, 0.3) is 0 Å². The van der Waals surface area contributed by atoms with Crippen molar-refractivity contribution in [3.63, 3.8) is 0 Å². The van der Waals surface area contributed by atoms with Crippen molar-refractivity contribution in [2.45, 2.75) is 44.1 Å². The summed E-state index contributed by atoms with van der Waals surface area (Å²) in [6, 6.07) is 0. The molecule has 0 N–H and O–H groups in total. The molecule has 0 spiro atoms. The number of nitrogens with zero attached hydrogens (tertiary/aromatic N) is 5. The van der Waals surface area contributed by atoms with Gasteiger partial charge >= 0.3 is 0 Å². The van der Waals surface area contributed by atoms with Crippen LogP contribution in [0.3, 0.4) is 0 Å². The van der Waals surface area contributed by atoms with Crippen LogP contribution in [0.4, 0.5) is 0 Å². The maximum absolute atomic E-state index is 6.08. The van der Waals surface area contributed by atoms with Crippen molar-refractivity contribution in [1.82, 2.24) is 24.6 Å². The first kappa shape index (κ1) is 13.6. The van der Waals surface area contributed by atoms with Crippen molar-refractivity contribution >= 4 is 23.1 Å². The lowest BCUT2D eigenvalue weighted by Crippen LogP contribution is -2.34.